The molecule has 0 fully saturated rings. The minimum absolute atomic E-state index is 0.00173. The predicted octanol–water partition coefficient (Wildman–Crippen LogP) is 0.297. The van der Waals surface area contributed by atoms with Gasteiger partial charge in [-0.1, -0.05) is 30.3 Å². The Balaban J connectivity index is 2.27. The van der Waals surface area contributed by atoms with E-state index in [2.05, 4.69) is 10.8 Å². The quantitative estimate of drug-likeness (QED) is 0.480. The number of carbonyl (C=O) groups is 2. The van der Waals surface area contributed by atoms with Crippen LogP contribution in [-0.2, 0) is 21.0 Å². The molecule has 1 atom stereocenters. The second kappa shape index (κ2) is 7.41. The van der Waals surface area contributed by atoms with Gasteiger partial charge in [0.2, 0.25) is 5.91 Å². The number of aliphatic carboxylic acids is 1. The van der Waals surface area contributed by atoms with Crippen molar-refractivity contribution in [2.45, 2.75) is 19.6 Å². The molecule has 1 rings (SSSR count). The lowest BCUT2D eigenvalue weighted by Crippen LogP contribution is -2.46. The molecule has 0 spiro atoms. The number of carboxylic acid groups (broad SMARTS) is 1. The van der Waals surface area contributed by atoms with Crippen LogP contribution in [0.1, 0.15) is 12.5 Å². The fourth-order valence-electron chi connectivity index (χ4n) is 1.30. The summed E-state index contributed by atoms with van der Waals surface area (Å²) < 4.78 is 0. The highest BCUT2D eigenvalue weighted by molar-refractivity contribution is 5.82. The van der Waals surface area contributed by atoms with E-state index in [1.54, 1.807) is 0 Å². The summed E-state index contributed by atoms with van der Waals surface area (Å²) in [5.74, 6) is -1.51. The van der Waals surface area contributed by atoms with E-state index in [0.29, 0.717) is 6.61 Å². The fourth-order valence-corrected chi connectivity index (χ4v) is 1.30. The molecule has 0 radical (unpaired) electrons. The first-order valence-corrected chi connectivity index (χ1v) is 5.48. The van der Waals surface area contributed by atoms with Crippen LogP contribution in [0.4, 0.5) is 0 Å². The van der Waals surface area contributed by atoms with Gasteiger partial charge < -0.3 is 10.4 Å². The topological polar surface area (TPSA) is 87.7 Å². The lowest BCUT2D eigenvalue weighted by atomic mass is 10.2. The van der Waals surface area contributed by atoms with Crippen molar-refractivity contribution in [1.29, 1.82) is 0 Å². The van der Waals surface area contributed by atoms with Crippen molar-refractivity contribution in [3.8, 4) is 0 Å². The first-order chi connectivity index (χ1) is 8.59. The zero-order valence-corrected chi connectivity index (χ0v) is 10.1. The van der Waals surface area contributed by atoms with Crippen molar-refractivity contribution in [2.24, 2.45) is 0 Å². The van der Waals surface area contributed by atoms with Crippen LogP contribution in [0.3, 0.4) is 0 Å². The molecule has 0 aliphatic heterocycles. The van der Waals surface area contributed by atoms with Gasteiger partial charge in [-0.15, -0.1) is 0 Å². The van der Waals surface area contributed by atoms with Gasteiger partial charge in [-0.2, -0.15) is 5.48 Å². The molecule has 3 N–H and O–H groups in total. The molecular weight excluding hydrogens is 236 g/mol. The number of carbonyl (C=O) groups excluding carboxylic acids is 1. The van der Waals surface area contributed by atoms with Crippen molar-refractivity contribution >= 4 is 11.9 Å². The van der Waals surface area contributed by atoms with E-state index in [4.69, 9.17) is 9.94 Å². The van der Waals surface area contributed by atoms with Crippen LogP contribution in [0.5, 0.6) is 0 Å². The van der Waals surface area contributed by atoms with Crippen LogP contribution in [-0.4, -0.2) is 29.6 Å². The number of benzene rings is 1. The summed E-state index contributed by atoms with van der Waals surface area (Å²) in [5.41, 5.74) is 3.49. The van der Waals surface area contributed by atoms with Crippen molar-refractivity contribution < 1.29 is 19.5 Å². The maximum absolute atomic E-state index is 10.8. The summed E-state index contributed by atoms with van der Waals surface area (Å²) >= 11 is 0. The SMILES string of the molecule is CC(=O)NC(CNOCc1ccccc1)C(=O)O. The molecule has 1 amide bonds. The summed E-state index contributed by atoms with van der Waals surface area (Å²) in [6.07, 6.45) is 0. The first kappa shape index (κ1) is 14.1. The van der Waals surface area contributed by atoms with Gasteiger partial charge in [0.05, 0.1) is 13.2 Å². The molecule has 1 unspecified atom stereocenters. The molecule has 0 saturated heterocycles. The highest BCUT2D eigenvalue weighted by Crippen LogP contribution is 1.98. The van der Waals surface area contributed by atoms with E-state index in [0.717, 1.165) is 5.56 Å². The van der Waals surface area contributed by atoms with Gasteiger partial charge in [0, 0.05) is 6.92 Å². The molecule has 0 aromatic heterocycles. The van der Waals surface area contributed by atoms with Crippen LogP contribution in [0.15, 0.2) is 30.3 Å². The van der Waals surface area contributed by atoms with E-state index in [1.807, 2.05) is 30.3 Å². The maximum Gasteiger partial charge on any atom is 0.327 e. The summed E-state index contributed by atoms with van der Waals surface area (Å²) in [5, 5.41) is 11.1. The Morgan fingerprint density at radius 3 is 2.56 bits per heavy atom. The molecule has 98 valence electrons. The molecule has 6 heteroatoms. The number of rotatable bonds is 7. The van der Waals surface area contributed by atoms with Gasteiger partial charge in [-0.25, -0.2) is 4.79 Å². The molecule has 0 aliphatic carbocycles. The minimum atomic E-state index is -1.11. The molecule has 0 bridgehead atoms. The van der Waals surface area contributed by atoms with Crippen LogP contribution >= 0.6 is 0 Å². The summed E-state index contributed by atoms with van der Waals surface area (Å²) in [4.78, 5) is 26.7. The van der Waals surface area contributed by atoms with Crippen molar-refractivity contribution in [1.82, 2.24) is 10.8 Å². The number of hydroxylamine groups is 1. The Labute approximate surface area is 105 Å². The third-order valence-electron chi connectivity index (χ3n) is 2.15. The van der Waals surface area contributed by atoms with Crippen molar-refractivity contribution in [2.75, 3.05) is 6.54 Å². The predicted molar refractivity (Wildman–Crippen MR) is 64.5 cm³/mol. The zero-order chi connectivity index (χ0) is 13.4. The molecular formula is C12H16N2O4. The Morgan fingerprint density at radius 2 is 2.00 bits per heavy atom. The first-order valence-electron chi connectivity index (χ1n) is 5.48. The zero-order valence-electron chi connectivity index (χ0n) is 10.1. The minimum Gasteiger partial charge on any atom is -0.480 e. The van der Waals surface area contributed by atoms with Gasteiger partial charge in [0.1, 0.15) is 6.04 Å². The molecule has 1 aromatic carbocycles. The van der Waals surface area contributed by atoms with Crippen LogP contribution in [0, 0.1) is 0 Å². The third kappa shape index (κ3) is 5.42. The smallest absolute Gasteiger partial charge is 0.327 e. The molecule has 0 saturated carbocycles. The second-order valence-electron chi connectivity index (χ2n) is 3.71. The monoisotopic (exact) mass is 252 g/mol. The lowest BCUT2D eigenvalue weighted by Gasteiger charge is -2.13. The van der Waals surface area contributed by atoms with Gasteiger partial charge in [-0.05, 0) is 5.56 Å². The van der Waals surface area contributed by atoms with Crippen molar-refractivity contribution in [3.05, 3.63) is 35.9 Å². The normalized spacial score (nSPS) is 11.8. The summed E-state index contributed by atoms with van der Waals surface area (Å²) in [6, 6.07) is 8.45. The highest BCUT2D eigenvalue weighted by Gasteiger charge is 2.17. The Morgan fingerprint density at radius 1 is 1.33 bits per heavy atom. The Bertz CT molecular complexity index is 394. The summed E-state index contributed by atoms with van der Waals surface area (Å²) in [6.45, 7) is 1.59. The molecule has 1 aromatic rings. The van der Waals surface area contributed by atoms with Gasteiger partial charge in [0.15, 0.2) is 0 Å². The van der Waals surface area contributed by atoms with Crippen LogP contribution < -0.4 is 10.8 Å². The van der Waals surface area contributed by atoms with Gasteiger partial charge in [-0.3, -0.25) is 9.63 Å². The standard InChI is InChI=1S/C12H16N2O4/c1-9(15)14-11(12(16)17)7-13-18-8-10-5-3-2-4-6-10/h2-6,11,13H,7-8H2,1H3,(H,14,15)(H,16,17). The number of carboxylic acids is 1. The largest absolute Gasteiger partial charge is 0.480 e. The van der Waals surface area contributed by atoms with E-state index < -0.39 is 17.9 Å². The highest BCUT2D eigenvalue weighted by atomic mass is 16.6. The average Bonchev–Trinajstić information content (AvgIpc) is 2.33. The summed E-state index contributed by atoms with van der Waals surface area (Å²) in [7, 11) is 0. The molecule has 18 heavy (non-hydrogen) atoms. The second-order valence-corrected chi connectivity index (χ2v) is 3.71. The van der Waals surface area contributed by atoms with Crippen molar-refractivity contribution in [3.63, 3.8) is 0 Å². The van der Waals surface area contributed by atoms with Gasteiger partial charge in [0.25, 0.3) is 0 Å². The number of hydrogen-bond acceptors (Lipinski definition) is 4. The van der Waals surface area contributed by atoms with E-state index in [-0.39, 0.29) is 6.54 Å². The molecule has 0 heterocycles. The molecule has 0 aliphatic rings. The Kier molecular flexibility index (Phi) is 5.83. The Hall–Kier alpha value is -1.92. The van der Waals surface area contributed by atoms with E-state index >= 15 is 0 Å². The maximum atomic E-state index is 10.8. The van der Waals surface area contributed by atoms with E-state index in [9.17, 15) is 9.59 Å². The van der Waals surface area contributed by atoms with Crippen LogP contribution in [0.2, 0.25) is 0 Å². The van der Waals surface area contributed by atoms with Crippen LogP contribution in [0.25, 0.3) is 0 Å². The number of nitrogens with one attached hydrogen (secondary N) is 2. The molecule has 6 nitrogen and oxygen atoms in total. The lowest BCUT2D eigenvalue weighted by molar-refractivity contribution is -0.142. The average molecular weight is 252 g/mol. The van der Waals surface area contributed by atoms with Gasteiger partial charge >= 0.3 is 5.97 Å². The number of hydrogen-bond donors (Lipinski definition) is 3. The third-order valence-corrected chi connectivity index (χ3v) is 2.15. The number of amides is 1. The van der Waals surface area contributed by atoms with E-state index in [1.165, 1.54) is 6.92 Å². The fraction of sp³-hybridized carbons (Fsp3) is 0.333.